The number of aliphatic hydroxyl groups is 3. The van der Waals surface area contributed by atoms with Crippen LogP contribution in [0, 0.1) is 17.8 Å². The van der Waals surface area contributed by atoms with Crippen LogP contribution in [-0.4, -0.2) is 211 Å². The zero-order valence-corrected chi connectivity index (χ0v) is 60.7. The van der Waals surface area contributed by atoms with Crippen molar-refractivity contribution in [2.75, 3.05) is 52.5 Å². The maximum Gasteiger partial charge on any atom is 0.408 e. The lowest BCUT2D eigenvalue weighted by molar-refractivity contribution is -0.271. The Morgan fingerprint density at radius 1 is 0.832 bits per heavy atom. The minimum Gasteiger partial charge on any atom is -0.479 e. The summed E-state index contributed by atoms with van der Waals surface area (Å²) in [6.07, 6.45) is -6.11. The van der Waals surface area contributed by atoms with Gasteiger partial charge in [0.1, 0.15) is 47.3 Å². The average molecular weight is 1450 g/mol. The number of carboxylic acids is 1. The van der Waals surface area contributed by atoms with Gasteiger partial charge in [-0.25, -0.2) is 23.0 Å². The number of carbonyl (C=O) groups excluding carboxylic acids is 8. The Morgan fingerprint density at radius 3 is 2.16 bits per heavy atom. The number of anilines is 1. The monoisotopic (exact) mass is 1450 g/mol. The molecule has 2 saturated heterocycles. The molecule has 2 fully saturated rings. The first-order valence-electron chi connectivity index (χ1n) is 33.8. The van der Waals surface area contributed by atoms with Gasteiger partial charge >= 0.3 is 12.1 Å². The largest absolute Gasteiger partial charge is 0.479 e. The zero-order chi connectivity index (χ0) is 74.5. The number of nitrogens with zero attached hydrogens (tertiary/aromatic N) is 3. The molecule has 0 bridgehead atoms. The molecule has 4 aromatic rings. The number of thiazole rings is 1. The van der Waals surface area contributed by atoms with Gasteiger partial charge in [0, 0.05) is 77.1 Å². The number of alkyl carbamates (subject to hydrolysis) is 1. The highest BCUT2D eigenvalue weighted by Gasteiger charge is 2.49. The molecule has 10 N–H and O–H groups in total. The van der Waals surface area contributed by atoms with Gasteiger partial charge in [-0.15, -0.1) is 11.3 Å². The van der Waals surface area contributed by atoms with Crippen molar-refractivity contribution in [2.45, 2.75) is 197 Å². The van der Waals surface area contributed by atoms with Crippen molar-refractivity contribution < 1.29 is 95.7 Å². The summed E-state index contributed by atoms with van der Waals surface area (Å²) in [7, 11) is 1.19. The quantitative estimate of drug-likeness (QED) is 0.0279. The Morgan fingerprint density at radius 2 is 1.53 bits per heavy atom. The summed E-state index contributed by atoms with van der Waals surface area (Å²) in [5.41, 5.74) is -0.301. The van der Waals surface area contributed by atoms with E-state index >= 15 is 0 Å². The number of likely N-dealkylation sites (N-methyl/N-ethyl adjacent to an activating group) is 1. The summed E-state index contributed by atoms with van der Waals surface area (Å²) in [6.45, 7) is 12.1. The van der Waals surface area contributed by atoms with Crippen LogP contribution in [0.3, 0.4) is 0 Å². The molecule has 1 aromatic heterocycles. The molecular formula is C70H99N9O20S2. The van der Waals surface area contributed by atoms with E-state index in [1.54, 1.807) is 38.9 Å². The molecule has 29 nitrogen and oxygen atoms in total. The van der Waals surface area contributed by atoms with Gasteiger partial charge < -0.3 is 85.8 Å². The fraction of sp³-hybridized carbons (Fsp3) is 0.571. The molecule has 0 radical (unpaired) electrons. The third-order valence-electron chi connectivity index (χ3n) is 18.1. The fourth-order valence-electron chi connectivity index (χ4n) is 12.1. The van der Waals surface area contributed by atoms with Gasteiger partial charge in [0.2, 0.25) is 41.7 Å². The molecule has 8 amide bonds. The summed E-state index contributed by atoms with van der Waals surface area (Å²) < 4.78 is 52.3. The first kappa shape index (κ1) is 81.8. The van der Waals surface area contributed by atoms with Crippen molar-refractivity contribution in [3.8, 4) is 5.75 Å². The summed E-state index contributed by atoms with van der Waals surface area (Å²) in [5.74, 6) is -6.43. The number of aromatic nitrogens is 1. The van der Waals surface area contributed by atoms with Crippen molar-refractivity contribution in [2.24, 2.45) is 17.8 Å². The summed E-state index contributed by atoms with van der Waals surface area (Å²) in [5, 5.41) is 60.4. The van der Waals surface area contributed by atoms with Crippen LogP contribution in [0.5, 0.6) is 5.75 Å². The van der Waals surface area contributed by atoms with Gasteiger partial charge in [-0.2, -0.15) is 0 Å². The number of unbranched alkanes of at least 4 members (excludes halogenated alkanes) is 2. The first-order chi connectivity index (χ1) is 47.8. The summed E-state index contributed by atoms with van der Waals surface area (Å²) in [4.78, 5) is 130. The summed E-state index contributed by atoms with van der Waals surface area (Å²) >= 11 is 1.45. The molecule has 2 aliphatic rings. The molecule has 0 saturated carbocycles. The number of hydrogen-bond donors (Lipinski definition) is 10. The van der Waals surface area contributed by atoms with Gasteiger partial charge in [-0.3, -0.25) is 33.6 Å². The minimum atomic E-state index is -3.42. The van der Waals surface area contributed by atoms with Crippen LogP contribution < -0.4 is 36.6 Å². The third kappa shape index (κ3) is 23.2. The van der Waals surface area contributed by atoms with Gasteiger partial charge in [0.05, 0.1) is 53.3 Å². The number of likely N-dealkylation sites (tertiary alicyclic amines) is 1. The van der Waals surface area contributed by atoms with E-state index < -0.39 is 131 Å². The highest BCUT2D eigenvalue weighted by atomic mass is 32.2. The van der Waals surface area contributed by atoms with E-state index in [9.17, 15) is 72.0 Å². The lowest BCUT2D eigenvalue weighted by atomic mass is 9.89. The molecule has 0 aliphatic carbocycles. The van der Waals surface area contributed by atoms with Crippen LogP contribution in [0.15, 0.2) is 89.3 Å². The van der Waals surface area contributed by atoms with E-state index in [0.717, 1.165) is 16.8 Å². The Balaban J connectivity index is 1.05. The van der Waals surface area contributed by atoms with Gasteiger partial charge in [-0.05, 0) is 105 Å². The number of aliphatic carboxylic acids is 1. The molecule has 2 aliphatic heterocycles. The highest BCUT2D eigenvalue weighted by molar-refractivity contribution is 7.90. The number of sulfone groups is 1. The topological polar surface area (TPSA) is 406 Å². The van der Waals surface area contributed by atoms with Crippen molar-refractivity contribution in [1.29, 1.82) is 0 Å². The zero-order valence-electron chi connectivity index (χ0n) is 59.0. The lowest BCUT2D eigenvalue weighted by Crippen LogP contribution is -2.62. The van der Waals surface area contributed by atoms with Gasteiger partial charge in [0.25, 0.3) is 5.91 Å². The highest BCUT2D eigenvalue weighted by Crippen LogP contribution is 2.34. The molecule has 3 heterocycles. The van der Waals surface area contributed by atoms with Crippen LogP contribution in [0.1, 0.15) is 139 Å². The van der Waals surface area contributed by atoms with Crippen LogP contribution >= 0.6 is 11.3 Å². The number of amides is 8. The Bertz CT molecular complexity index is 3550. The maximum atomic E-state index is 14.8. The second-order valence-corrected chi connectivity index (χ2v) is 29.4. The number of rotatable bonds is 37. The van der Waals surface area contributed by atoms with E-state index in [4.69, 9.17) is 23.7 Å². The number of aliphatic hydroxyl groups excluding tert-OH is 3. The number of methoxy groups -OCH3 is 2. The number of ether oxygens (including phenoxy) is 5. The van der Waals surface area contributed by atoms with Crippen molar-refractivity contribution in [1.82, 2.24) is 41.4 Å². The van der Waals surface area contributed by atoms with E-state index in [0.29, 0.717) is 63.6 Å². The molecule has 0 unspecified atom stereocenters. The Hall–Kier alpha value is -8.17. The molecular weight excluding hydrogens is 1350 g/mol. The van der Waals surface area contributed by atoms with Crippen LogP contribution in [0.2, 0.25) is 0 Å². The van der Waals surface area contributed by atoms with Crippen molar-refractivity contribution in [3.63, 3.8) is 0 Å². The Labute approximate surface area is 593 Å². The van der Waals surface area contributed by atoms with Crippen molar-refractivity contribution in [3.05, 3.63) is 106 Å². The van der Waals surface area contributed by atoms with E-state index in [1.165, 1.54) is 86.8 Å². The smallest absolute Gasteiger partial charge is 0.408 e. The number of hydrogen-bond acceptors (Lipinski definition) is 21. The van der Waals surface area contributed by atoms with Crippen LogP contribution in [0.25, 0.3) is 0 Å². The standard InChI is InChI=1S/C70H99N9O20S2/c1-12-41(4)56(51(95-9)38-54(82)79-34-19-22-49(79)60(96-10)42(5)62(86)75-48(64-73-33-35-100-64)36-43-20-15-13-16-21-43)78(8)65(88)55(40(2)3)76-68(91)70(6,7)77-69(92)97-39-44-24-29-50(98-67-59(85)57(83)58(84)61(99-67)66(89)90)47(37-44)74-53(81)30-32-71-52(80)23-17-14-18-31-72-63(87)45-25-27-46(28-26-45)101(11,93)94/h13,15-16,20-21,24-29,33,35,37,40-42,48-49,51,55-61,67,83-85H,12,14,17-19,22-23,30-32,34,36,38-39H2,1-11H3,(H,71,80)(H,72,87)(H,74,81)(H,75,86)(H,76,91)(H,77,92)(H,89,90)/t41-,42+,48-,49-,51+,55-,56-,57-,58-,59+,60+,61-,67+/m0/s1. The van der Waals surface area contributed by atoms with E-state index in [-0.39, 0.29) is 77.2 Å². The molecule has 31 heteroatoms. The number of carbonyl (C=O) groups is 9. The number of carboxylic acid groups (broad SMARTS) is 1. The molecule has 556 valence electrons. The maximum absolute atomic E-state index is 14.8. The van der Waals surface area contributed by atoms with Crippen LogP contribution in [0.4, 0.5) is 10.5 Å². The predicted octanol–water partition coefficient (Wildman–Crippen LogP) is 4.42. The minimum absolute atomic E-state index is 0.0876. The van der Waals surface area contributed by atoms with E-state index in [1.807, 2.05) is 49.6 Å². The molecule has 6 rings (SSSR count). The second-order valence-electron chi connectivity index (χ2n) is 26.4. The molecule has 0 spiro atoms. The molecule has 13 atom stereocenters. The molecule has 101 heavy (non-hydrogen) atoms. The van der Waals surface area contributed by atoms with E-state index in [2.05, 4.69) is 36.9 Å². The normalized spacial score (nSPS) is 19.8. The molecule has 3 aromatic carbocycles. The van der Waals surface area contributed by atoms with Gasteiger partial charge in [0.15, 0.2) is 15.9 Å². The lowest BCUT2D eigenvalue weighted by Gasteiger charge is -2.41. The average Bonchev–Trinajstić information content (AvgIpc) is 1.37. The fourth-order valence-corrected chi connectivity index (χ4v) is 13.4. The predicted molar refractivity (Wildman–Crippen MR) is 371 cm³/mol. The summed E-state index contributed by atoms with van der Waals surface area (Å²) in [6, 6.07) is 16.6. The second kappa shape index (κ2) is 38.2. The third-order valence-corrected chi connectivity index (χ3v) is 20.2. The number of nitrogens with one attached hydrogen (secondary N) is 6. The Kier molecular flexibility index (Phi) is 30.9. The van der Waals surface area contributed by atoms with Crippen LogP contribution in [-0.2, 0) is 75.4 Å². The SMILES string of the molecule is CC[C@H](C)[C@@H]([C@@H](CC(=O)N1CCC[C@H]1[C@H](OC)[C@@H](C)C(=O)N[C@@H](Cc1ccccc1)c1nccs1)OC)N(C)C(=O)[C@@H](NC(=O)C(C)(C)NC(=O)OCc1ccc(O[C@@H]2O[C@H](C(=O)O)[C@@H](O)[C@H](O)[C@H]2O)c(NC(=O)CCNC(=O)CCCCCNC(=O)c2ccc(S(C)(=O)=O)cc2)c1)C(C)C. The first-order valence-corrected chi connectivity index (χ1v) is 36.6. The van der Waals surface area contributed by atoms with Gasteiger partial charge in [-0.1, -0.05) is 83.9 Å². The van der Waals surface area contributed by atoms with Crippen molar-refractivity contribution >= 4 is 80.3 Å². The number of benzene rings is 3.